The van der Waals surface area contributed by atoms with Crippen LogP contribution in [0, 0.1) is 0 Å². The van der Waals surface area contributed by atoms with Crippen LogP contribution in [0.4, 0.5) is 10.8 Å². The van der Waals surface area contributed by atoms with E-state index in [-0.39, 0.29) is 23.9 Å². The van der Waals surface area contributed by atoms with Crippen molar-refractivity contribution in [3.63, 3.8) is 0 Å². The third-order valence-electron chi connectivity index (χ3n) is 5.58. The number of amides is 2. The number of fused-ring (bicyclic) bond motifs is 2. The SMILES string of the molecule is CCc1cc2c(=O)n(CC(=O)Nc3nc(-c4ccc5c(c4)N(C)C(=O)C(C)O5)cs3)cnc2s1. The first kappa shape index (κ1) is 22.2. The van der Waals surface area contributed by atoms with Crippen LogP contribution in [0.5, 0.6) is 5.75 Å². The van der Waals surface area contributed by atoms with Crippen molar-refractivity contribution in [2.75, 3.05) is 17.3 Å². The van der Waals surface area contributed by atoms with Crippen LogP contribution in [0.15, 0.2) is 40.8 Å². The summed E-state index contributed by atoms with van der Waals surface area (Å²) in [5.41, 5.74) is 1.89. The smallest absolute Gasteiger partial charge is 0.267 e. The van der Waals surface area contributed by atoms with Gasteiger partial charge in [0, 0.05) is 22.9 Å². The first-order chi connectivity index (χ1) is 16.3. The Morgan fingerprint density at radius 1 is 1.26 bits per heavy atom. The first-order valence-electron chi connectivity index (χ1n) is 10.7. The second-order valence-corrected chi connectivity index (χ2v) is 9.86. The Morgan fingerprint density at radius 3 is 2.88 bits per heavy atom. The zero-order valence-electron chi connectivity index (χ0n) is 18.7. The van der Waals surface area contributed by atoms with Gasteiger partial charge in [-0.1, -0.05) is 6.92 Å². The molecule has 34 heavy (non-hydrogen) atoms. The van der Waals surface area contributed by atoms with Gasteiger partial charge in [0.25, 0.3) is 11.5 Å². The van der Waals surface area contributed by atoms with E-state index < -0.39 is 6.10 Å². The molecule has 1 aromatic carbocycles. The van der Waals surface area contributed by atoms with Gasteiger partial charge in [0.15, 0.2) is 11.2 Å². The molecular formula is C23H21N5O4S2. The summed E-state index contributed by atoms with van der Waals surface area (Å²) >= 11 is 2.77. The highest BCUT2D eigenvalue weighted by atomic mass is 32.1. The minimum absolute atomic E-state index is 0.118. The van der Waals surface area contributed by atoms with Crippen LogP contribution in [0.1, 0.15) is 18.7 Å². The quantitative estimate of drug-likeness (QED) is 0.454. The molecule has 0 fully saturated rings. The van der Waals surface area contributed by atoms with E-state index in [1.54, 1.807) is 18.9 Å². The molecular weight excluding hydrogens is 474 g/mol. The van der Waals surface area contributed by atoms with E-state index in [2.05, 4.69) is 15.3 Å². The number of hydrogen-bond acceptors (Lipinski definition) is 8. The van der Waals surface area contributed by atoms with Gasteiger partial charge in [0.2, 0.25) is 5.91 Å². The Labute approximate surface area is 202 Å². The molecule has 0 spiro atoms. The van der Waals surface area contributed by atoms with Gasteiger partial charge in [-0.15, -0.1) is 22.7 Å². The molecule has 0 radical (unpaired) electrons. The average Bonchev–Trinajstić information content (AvgIpc) is 3.46. The number of ether oxygens (including phenoxy) is 1. The number of rotatable bonds is 5. The fraction of sp³-hybridized carbons (Fsp3) is 0.261. The van der Waals surface area contributed by atoms with Gasteiger partial charge in [-0.2, -0.15) is 0 Å². The highest BCUT2D eigenvalue weighted by Gasteiger charge is 2.29. The van der Waals surface area contributed by atoms with Crippen LogP contribution in [-0.4, -0.2) is 39.5 Å². The van der Waals surface area contributed by atoms with Crippen LogP contribution >= 0.6 is 22.7 Å². The number of carbonyl (C=O) groups excluding carboxylic acids is 2. The predicted molar refractivity (Wildman–Crippen MR) is 133 cm³/mol. The third kappa shape index (κ3) is 3.97. The van der Waals surface area contributed by atoms with Crippen LogP contribution in [0.25, 0.3) is 21.5 Å². The number of thiophene rings is 1. The molecule has 0 saturated carbocycles. The van der Waals surface area contributed by atoms with E-state index in [0.29, 0.717) is 32.5 Å². The number of nitrogens with one attached hydrogen (secondary N) is 1. The Kier molecular flexibility index (Phi) is 5.66. The molecule has 1 N–H and O–H groups in total. The standard InChI is InChI=1S/C23H21N5O4S2/c1-4-14-8-15-20(34-14)24-11-28(22(15)31)9-19(29)26-23-25-16(10-33-23)13-5-6-18-17(7-13)27(3)21(30)12(2)32-18/h5-8,10-12H,4,9H2,1-3H3,(H,25,26,29). The zero-order valence-corrected chi connectivity index (χ0v) is 20.3. The second-order valence-electron chi connectivity index (χ2n) is 7.89. The summed E-state index contributed by atoms with van der Waals surface area (Å²) in [6.45, 7) is 3.58. The molecule has 4 aromatic rings. The van der Waals surface area contributed by atoms with Gasteiger partial charge in [-0.3, -0.25) is 19.0 Å². The average molecular weight is 496 g/mol. The molecule has 5 rings (SSSR count). The lowest BCUT2D eigenvalue weighted by Crippen LogP contribution is -2.41. The molecule has 3 aromatic heterocycles. The highest BCUT2D eigenvalue weighted by Crippen LogP contribution is 2.37. The van der Waals surface area contributed by atoms with E-state index in [9.17, 15) is 14.4 Å². The van der Waals surface area contributed by atoms with Crippen LogP contribution < -0.4 is 20.5 Å². The number of aromatic nitrogens is 3. The van der Waals surface area contributed by atoms with Gasteiger partial charge in [0.1, 0.15) is 17.1 Å². The number of aryl methyl sites for hydroxylation is 1. The van der Waals surface area contributed by atoms with Gasteiger partial charge < -0.3 is 15.0 Å². The van der Waals surface area contributed by atoms with Gasteiger partial charge in [-0.25, -0.2) is 9.97 Å². The lowest BCUT2D eigenvalue weighted by Gasteiger charge is -2.30. The molecule has 0 aliphatic carbocycles. The molecule has 1 aliphatic rings. The maximum atomic E-state index is 12.7. The Balaban J connectivity index is 1.32. The summed E-state index contributed by atoms with van der Waals surface area (Å²) in [6, 6.07) is 7.35. The van der Waals surface area contributed by atoms with E-state index in [4.69, 9.17) is 4.74 Å². The van der Waals surface area contributed by atoms with Gasteiger partial charge in [0.05, 0.1) is 23.1 Å². The van der Waals surface area contributed by atoms with Crippen LogP contribution in [0.2, 0.25) is 0 Å². The normalized spacial score (nSPS) is 15.3. The molecule has 9 nitrogen and oxygen atoms in total. The van der Waals surface area contributed by atoms with Crippen molar-refractivity contribution in [2.45, 2.75) is 32.9 Å². The van der Waals surface area contributed by atoms with Crippen molar-refractivity contribution in [1.82, 2.24) is 14.5 Å². The lowest BCUT2D eigenvalue weighted by molar-refractivity contribution is -0.125. The summed E-state index contributed by atoms with van der Waals surface area (Å²) in [5.74, 6) is 0.148. The minimum Gasteiger partial charge on any atom is -0.479 e. The molecule has 0 bridgehead atoms. The van der Waals surface area contributed by atoms with Gasteiger partial charge in [-0.05, 0) is 37.6 Å². The Hall–Kier alpha value is -3.57. The number of hydrogen-bond donors (Lipinski definition) is 1. The van der Waals surface area contributed by atoms with Gasteiger partial charge >= 0.3 is 0 Å². The molecule has 1 aliphatic heterocycles. The zero-order chi connectivity index (χ0) is 24.0. The van der Waals surface area contributed by atoms with Crippen molar-refractivity contribution in [2.24, 2.45) is 0 Å². The first-order valence-corrected chi connectivity index (χ1v) is 12.4. The maximum Gasteiger partial charge on any atom is 0.267 e. The maximum absolute atomic E-state index is 12.7. The summed E-state index contributed by atoms with van der Waals surface area (Å²) in [6.07, 6.45) is 1.71. The number of nitrogens with zero attached hydrogens (tertiary/aromatic N) is 4. The lowest BCUT2D eigenvalue weighted by atomic mass is 10.1. The largest absolute Gasteiger partial charge is 0.479 e. The molecule has 0 saturated heterocycles. The van der Waals surface area contributed by atoms with Crippen LogP contribution in [-0.2, 0) is 22.6 Å². The molecule has 1 unspecified atom stereocenters. The molecule has 11 heteroatoms. The van der Waals surface area contributed by atoms with E-state index in [1.165, 1.54) is 33.6 Å². The second kappa shape index (κ2) is 8.65. The predicted octanol–water partition coefficient (Wildman–Crippen LogP) is 3.53. The highest BCUT2D eigenvalue weighted by molar-refractivity contribution is 7.18. The monoisotopic (exact) mass is 495 g/mol. The number of thiazole rings is 1. The molecule has 1 atom stereocenters. The number of likely N-dealkylation sites (N-methyl/N-ethyl adjacent to an activating group) is 1. The summed E-state index contributed by atoms with van der Waals surface area (Å²) in [7, 11) is 1.71. The number of anilines is 2. The number of benzene rings is 1. The third-order valence-corrected chi connectivity index (χ3v) is 7.53. The van der Waals surface area contributed by atoms with Crippen molar-refractivity contribution < 1.29 is 14.3 Å². The Morgan fingerprint density at radius 2 is 2.09 bits per heavy atom. The fourth-order valence-electron chi connectivity index (χ4n) is 3.74. The molecule has 174 valence electrons. The van der Waals surface area contributed by atoms with E-state index in [0.717, 1.165) is 16.9 Å². The summed E-state index contributed by atoms with van der Waals surface area (Å²) < 4.78 is 6.97. The van der Waals surface area contributed by atoms with E-state index in [1.807, 2.05) is 36.6 Å². The minimum atomic E-state index is -0.527. The van der Waals surface area contributed by atoms with Crippen molar-refractivity contribution in [3.8, 4) is 17.0 Å². The van der Waals surface area contributed by atoms with E-state index >= 15 is 0 Å². The Bertz CT molecular complexity index is 1490. The van der Waals surface area contributed by atoms with Crippen molar-refractivity contribution >= 4 is 55.5 Å². The topological polar surface area (TPSA) is 106 Å². The summed E-state index contributed by atoms with van der Waals surface area (Å²) in [4.78, 5) is 49.7. The van der Waals surface area contributed by atoms with Crippen molar-refractivity contribution in [3.05, 3.63) is 51.2 Å². The van der Waals surface area contributed by atoms with Crippen LogP contribution in [0.3, 0.4) is 0 Å². The number of carbonyl (C=O) groups is 2. The molecule has 4 heterocycles. The fourth-order valence-corrected chi connectivity index (χ4v) is 5.41. The molecule has 2 amide bonds. The summed E-state index contributed by atoms with van der Waals surface area (Å²) in [5, 5.41) is 5.52. The van der Waals surface area contributed by atoms with Crippen molar-refractivity contribution in [1.29, 1.82) is 0 Å².